The highest BCUT2D eigenvalue weighted by molar-refractivity contribution is 7.89. The van der Waals surface area contributed by atoms with Crippen molar-refractivity contribution < 1.29 is 13.2 Å². The molecule has 0 unspecified atom stereocenters. The molecule has 1 aromatic rings. The summed E-state index contributed by atoms with van der Waals surface area (Å²) in [5.41, 5.74) is 0. The lowest BCUT2D eigenvalue weighted by molar-refractivity contribution is -0.120. The zero-order valence-electron chi connectivity index (χ0n) is 8.93. The van der Waals surface area contributed by atoms with Crippen LogP contribution in [0.3, 0.4) is 0 Å². The van der Waals surface area contributed by atoms with Crippen LogP contribution in [-0.2, 0) is 14.8 Å². The van der Waals surface area contributed by atoms with Crippen molar-refractivity contribution in [2.24, 2.45) is 0 Å². The van der Waals surface area contributed by atoms with E-state index < -0.39 is 10.0 Å². The molecule has 0 amide bonds. The molecule has 0 bridgehead atoms. The van der Waals surface area contributed by atoms with Gasteiger partial charge in [-0.1, -0.05) is 0 Å². The number of imidazole rings is 1. The van der Waals surface area contributed by atoms with Crippen LogP contribution in [0.1, 0.15) is 18.7 Å². The van der Waals surface area contributed by atoms with Crippen LogP contribution in [0.2, 0.25) is 0 Å². The number of aromatic nitrogens is 2. The quantitative estimate of drug-likeness (QED) is 0.796. The molecular weight excluding hydrogens is 230 g/mol. The Hall–Kier alpha value is -1.21. The molecule has 1 saturated heterocycles. The molecule has 0 atom stereocenters. The van der Waals surface area contributed by atoms with Gasteiger partial charge in [-0.15, -0.1) is 0 Å². The Balaban J connectivity index is 2.28. The fraction of sp³-hybridized carbons (Fsp3) is 0.556. The van der Waals surface area contributed by atoms with Gasteiger partial charge in [0.1, 0.15) is 11.6 Å². The number of H-pyrrole nitrogens is 1. The molecule has 0 aromatic carbocycles. The topological polar surface area (TPSA) is 83.1 Å². The highest BCUT2D eigenvalue weighted by atomic mass is 32.2. The number of aryl methyl sites for hydroxylation is 1. The van der Waals surface area contributed by atoms with E-state index in [1.165, 1.54) is 10.5 Å². The summed E-state index contributed by atoms with van der Waals surface area (Å²) in [6, 6.07) is 0. The Morgan fingerprint density at radius 2 is 2.25 bits per heavy atom. The van der Waals surface area contributed by atoms with Crippen molar-refractivity contribution in [3.63, 3.8) is 0 Å². The summed E-state index contributed by atoms with van der Waals surface area (Å²) in [4.78, 5) is 17.8. The summed E-state index contributed by atoms with van der Waals surface area (Å²) < 4.78 is 25.3. The Labute approximate surface area is 93.7 Å². The molecule has 0 saturated carbocycles. The Kier molecular flexibility index (Phi) is 2.81. The molecule has 1 fully saturated rings. The van der Waals surface area contributed by atoms with E-state index >= 15 is 0 Å². The minimum atomic E-state index is -3.58. The van der Waals surface area contributed by atoms with E-state index in [4.69, 9.17) is 0 Å². The third-order valence-corrected chi connectivity index (χ3v) is 4.27. The first-order valence-corrected chi connectivity index (χ1v) is 6.47. The fourth-order valence-electron chi connectivity index (χ4n) is 1.68. The molecule has 1 aliphatic rings. The van der Waals surface area contributed by atoms with Crippen LogP contribution in [0, 0.1) is 6.92 Å². The molecule has 1 aromatic heterocycles. The van der Waals surface area contributed by atoms with E-state index in [1.807, 2.05) is 0 Å². The van der Waals surface area contributed by atoms with Gasteiger partial charge in [-0.3, -0.25) is 4.79 Å². The zero-order chi connectivity index (χ0) is 11.8. The number of Topliss-reactive ketones (excluding diaryl/α,β-unsaturated/α-hetero) is 1. The molecule has 7 heteroatoms. The molecule has 0 spiro atoms. The number of carbonyl (C=O) groups is 1. The number of carbonyl (C=O) groups excluding carboxylic acids is 1. The molecule has 2 rings (SSSR count). The van der Waals surface area contributed by atoms with E-state index in [-0.39, 0.29) is 17.4 Å². The van der Waals surface area contributed by atoms with Crippen molar-refractivity contribution in [1.29, 1.82) is 0 Å². The normalized spacial score (nSPS) is 18.9. The van der Waals surface area contributed by atoms with E-state index in [0.717, 1.165) is 0 Å². The van der Waals surface area contributed by atoms with Gasteiger partial charge < -0.3 is 4.98 Å². The van der Waals surface area contributed by atoms with Gasteiger partial charge in [-0.05, 0) is 13.3 Å². The maximum atomic E-state index is 12.0. The standard InChI is InChI=1S/C9H13N3O3S/c1-7-10-5-9(11-7)16(14,15)12-4-2-3-8(13)6-12/h5H,2-4,6H2,1H3,(H,10,11). The van der Waals surface area contributed by atoms with Crippen LogP contribution in [0.4, 0.5) is 0 Å². The summed E-state index contributed by atoms with van der Waals surface area (Å²) in [5, 5.41) is 0.0553. The molecule has 2 heterocycles. The first kappa shape index (κ1) is 11.3. The van der Waals surface area contributed by atoms with Crippen LogP contribution in [0.5, 0.6) is 0 Å². The number of hydrogen-bond donors (Lipinski definition) is 1. The van der Waals surface area contributed by atoms with Gasteiger partial charge in [0.2, 0.25) is 0 Å². The zero-order valence-corrected chi connectivity index (χ0v) is 9.75. The molecule has 1 N–H and O–H groups in total. The second-order valence-corrected chi connectivity index (χ2v) is 5.72. The number of sulfonamides is 1. The Bertz CT molecular complexity index is 506. The van der Waals surface area contributed by atoms with E-state index in [9.17, 15) is 13.2 Å². The van der Waals surface area contributed by atoms with Gasteiger partial charge >= 0.3 is 0 Å². The molecule has 88 valence electrons. The second kappa shape index (κ2) is 3.99. The number of ketones is 1. The number of nitrogens with zero attached hydrogens (tertiary/aromatic N) is 2. The van der Waals surface area contributed by atoms with E-state index in [2.05, 4.69) is 9.97 Å². The number of nitrogens with one attached hydrogen (secondary N) is 1. The molecule has 0 radical (unpaired) electrons. The SMILES string of the molecule is Cc1ncc(S(=O)(=O)N2CCCC(=O)C2)[nH]1. The van der Waals surface area contributed by atoms with Crippen molar-refractivity contribution in [2.45, 2.75) is 24.8 Å². The Morgan fingerprint density at radius 3 is 2.81 bits per heavy atom. The van der Waals surface area contributed by atoms with E-state index in [1.54, 1.807) is 6.92 Å². The monoisotopic (exact) mass is 243 g/mol. The third kappa shape index (κ3) is 2.00. The van der Waals surface area contributed by atoms with Crippen molar-refractivity contribution in [2.75, 3.05) is 13.1 Å². The molecule has 6 nitrogen and oxygen atoms in total. The number of piperidine rings is 1. The lowest BCUT2D eigenvalue weighted by Gasteiger charge is -2.24. The van der Waals surface area contributed by atoms with Gasteiger partial charge in [-0.2, -0.15) is 4.31 Å². The average molecular weight is 243 g/mol. The maximum Gasteiger partial charge on any atom is 0.260 e. The van der Waals surface area contributed by atoms with Crippen LogP contribution >= 0.6 is 0 Å². The first-order chi connectivity index (χ1) is 7.50. The molecule has 1 aliphatic heterocycles. The van der Waals surface area contributed by atoms with Crippen molar-refractivity contribution >= 4 is 15.8 Å². The molecule has 16 heavy (non-hydrogen) atoms. The maximum absolute atomic E-state index is 12.0. The summed E-state index contributed by atoms with van der Waals surface area (Å²) >= 11 is 0. The highest BCUT2D eigenvalue weighted by Gasteiger charge is 2.30. The van der Waals surface area contributed by atoms with Crippen molar-refractivity contribution in [3.8, 4) is 0 Å². The molecular formula is C9H13N3O3S. The largest absolute Gasteiger partial charge is 0.332 e. The fourth-order valence-corrected chi connectivity index (χ4v) is 3.11. The summed E-state index contributed by atoms with van der Waals surface area (Å²) in [6.07, 6.45) is 2.34. The number of rotatable bonds is 2. The van der Waals surface area contributed by atoms with Crippen LogP contribution < -0.4 is 0 Å². The van der Waals surface area contributed by atoms with Crippen LogP contribution in [-0.4, -0.2) is 41.6 Å². The summed E-state index contributed by atoms with van der Waals surface area (Å²) in [5.74, 6) is 0.507. The van der Waals surface area contributed by atoms with Gasteiger partial charge in [0, 0.05) is 13.0 Å². The third-order valence-electron chi connectivity index (χ3n) is 2.51. The lowest BCUT2D eigenvalue weighted by Crippen LogP contribution is -2.40. The van der Waals surface area contributed by atoms with Crippen molar-refractivity contribution in [1.82, 2.24) is 14.3 Å². The first-order valence-electron chi connectivity index (χ1n) is 5.03. The predicted molar refractivity (Wildman–Crippen MR) is 56.3 cm³/mol. The predicted octanol–water partition coefficient (Wildman–Crippen LogP) is 0.0717. The minimum absolute atomic E-state index is 0.0274. The lowest BCUT2D eigenvalue weighted by atomic mass is 10.1. The average Bonchev–Trinajstić information content (AvgIpc) is 2.65. The van der Waals surface area contributed by atoms with Crippen LogP contribution in [0.25, 0.3) is 0 Å². The summed E-state index contributed by atoms with van der Waals surface area (Å²) in [7, 11) is -3.58. The van der Waals surface area contributed by atoms with Crippen molar-refractivity contribution in [3.05, 3.63) is 12.0 Å². The van der Waals surface area contributed by atoms with Crippen LogP contribution in [0.15, 0.2) is 11.2 Å². The van der Waals surface area contributed by atoms with Gasteiger partial charge in [-0.25, -0.2) is 13.4 Å². The number of aromatic amines is 1. The smallest absolute Gasteiger partial charge is 0.260 e. The van der Waals surface area contributed by atoms with Gasteiger partial charge in [0.15, 0.2) is 5.03 Å². The molecule has 0 aliphatic carbocycles. The summed E-state index contributed by atoms with van der Waals surface area (Å²) in [6.45, 7) is 2.05. The second-order valence-electron chi connectivity index (χ2n) is 3.81. The van der Waals surface area contributed by atoms with Gasteiger partial charge in [0.05, 0.1) is 12.7 Å². The Morgan fingerprint density at radius 1 is 1.50 bits per heavy atom. The minimum Gasteiger partial charge on any atom is -0.332 e. The number of hydrogen-bond acceptors (Lipinski definition) is 4. The van der Waals surface area contributed by atoms with E-state index in [0.29, 0.717) is 25.2 Å². The van der Waals surface area contributed by atoms with Gasteiger partial charge in [0.25, 0.3) is 10.0 Å². The highest BCUT2D eigenvalue weighted by Crippen LogP contribution is 2.17.